The first kappa shape index (κ1) is 10.2. The van der Waals surface area contributed by atoms with E-state index in [1.807, 2.05) is 19.1 Å². The number of likely N-dealkylation sites (tertiary alicyclic amines) is 1. The van der Waals surface area contributed by atoms with Crippen molar-refractivity contribution in [2.24, 2.45) is 0 Å². The molecule has 2 N–H and O–H groups in total. The first-order valence-corrected chi connectivity index (χ1v) is 4.41. The Bertz CT molecular complexity index is 215. The van der Waals surface area contributed by atoms with E-state index in [1.165, 1.54) is 0 Å². The Labute approximate surface area is 77.5 Å². The van der Waals surface area contributed by atoms with Crippen LogP contribution < -0.4 is 0 Å². The molecule has 0 spiro atoms. The minimum absolute atomic E-state index is 0.340. The maximum Gasteiger partial charge on any atom is 0.321 e. The summed E-state index contributed by atoms with van der Waals surface area (Å²) in [6.45, 7) is 2.95. The summed E-state index contributed by atoms with van der Waals surface area (Å²) in [6, 6.07) is -0.522. The van der Waals surface area contributed by atoms with E-state index in [9.17, 15) is 9.90 Å². The predicted molar refractivity (Wildman–Crippen MR) is 48.4 cm³/mol. The van der Waals surface area contributed by atoms with Crippen LogP contribution in [0.25, 0.3) is 0 Å². The molecule has 1 saturated heterocycles. The summed E-state index contributed by atoms with van der Waals surface area (Å²) in [4.78, 5) is 12.5. The van der Waals surface area contributed by atoms with E-state index in [2.05, 4.69) is 0 Å². The van der Waals surface area contributed by atoms with Crippen molar-refractivity contribution in [1.82, 2.24) is 4.90 Å². The molecular weight excluding hydrogens is 170 g/mol. The highest BCUT2D eigenvalue weighted by atomic mass is 16.4. The molecule has 1 rings (SSSR count). The predicted octanol–water partition coefficient (Wildman–Crippen LogP) is 0.0823. The Morgan fingerprint density at radius 3 is 2.92 bits per heavy atom. The van der Waals surface area contributed by atoms with Crippen LogP contribution in [-0.2, 0) is 4.79 Å². The molecule has 4 heteroatoms. The van der Waals surface area contributed by atoms with Gasteiger partial charge in [-0.2, -0.15) is 0 Å². The number of β-amino-alcohol motifs (C(OH)–C–C–N with tert-alkyl or cyclic N) is 1. The number of hydrogen-bond donors (Lipinski definition) is 2. The van der Waals surface area contributed by atoms with E-state index in [0.717, 1.165) is 0 Å². The average molecular weight is 185 g/mol. The Balaban J connectivity index is 2.55. The first-order chi connectivity index (χ1) is 6.15. The van der Waals surface area contributed by atoms with Gasteiger partial charge in [-0.05, 0) is 6.92 Å². The van der Waals surface area contributed by atoms with Crippen LogP contribution in [0.15, 0.2) is 12.2 Å². The third kappa shape index (κ3) is 2.54. The van der Waals surface area contributed by atoms with E-state index in [1.54, 1.807) is 4.90 Å². The molecule has 1 aliphatic rings. The van der Waals surface area contributed by atoms with Crippen LogP contribution in [0, 0.1) is 0 Å². The van der Waals surface area contributed by atoms with Crippen LogP contribution in [0.1, 0.15) is 13.3 Å². The standard InChI is InChI=1S/C9H15NO3/c1-2-3-4-10-6-7(11)5-8(10)9(12)13/h2-3,7-8,11H,4-6H2,1H3,(H,12,13)/b3-2+. The second-order valence-electron chi connectivity index (χ2n) is 3.27. The molecule has 0 aromatic heterocycles. The normalized spacial score (nSPS) is 30.0. The first-order valence-electron chi connectivity index (χ1n) is 4.41. The van der Waals surface area contributed by atoms with Crippen LogP contribution in [0.4, 0.5) is 0 Å². The fourth-order valence-corrected chi connectivity index (χ4v) is 1.58. The molecule has 74 valence electrons. The molecule has 1 fully saturated rings. The zero-order valence-electron chi connectivity index (χ0n) is 7.68. The number of aliphatic hydroxyl groups excluding tert-OH is 1. The summed E-state index contributed by atoms with van der Waals surface area (Å²) in [5.41, 5.74) is 0. The van der Waals surface area contributed by atoms with Gasteiger partial charge in [0.25, 0.3) is 0 Å². The zero-order chi connectivity index (χ0) is 9.84. The zero-order valence-corrected chi connectivity index (χ0v) is 7.68. The second kappa shape index (κ2) is 4.39. The van der Waals surface area contributed by atoms with Gasteiger partial charge in [-0.1, -0.05) is 12.2 Å². The highest BCUT2D eigenvalue weighted by Crippen LogP contribution is 2.17. The number of aliphatic hydroxyl groups is 1. The van der Waals surface area contributed by atoms with Crippen molar-refractivity contribution in [1.29, 1.82) is 0 Å². The largest absolute Gasteiger partial charge is 0.480 e. The van der Waals surface area contributed by atoms with Crippen molar-refractivity contribution in [3.63, 3.8) is 0 Å². The monoisotopic (exact) mass is 185 g/mol. The summed E-state index contributed by atoms with van der Waals surface area (Å²) in [5.74, 6) is -0.846. The molecule has 0 saturated carbocycles. The molecule has 0 amide bonds. The molecule has 2 unspecified atom stereocenters. The number of aliphatic carboxylic acids is 1. The van der Waals surface area contributed by atoms with Gasteiger partial charge in [0.15, 0.2) is 0 Å². The summed E-state index contributed by atoms with van der Waals surface area (Å²) in [7, 11) is 0. The number of carboxylic acid groups (broad SMARTS) is 1. The lowest BCUT2D eigenvalue weighted by Gasteiger charge is -2.18. The van der Waals surface area contributed by atoms with Gasteiger partial charge in [0, 0.05) is 19.5 Å². The maximum absolute atomic E-state index is 10.7. The SMILES string of the molecule is C/C=C/CN1CC(O)CC1C(=O)O. The van der Waals surface area contributed by atoms with Gasteiger partial charge < -0.3 is 10.2 Å². The van der Waals surface area contributed by atoms with Gasteiger partial charge in [0.2, 0.25) is 0 Å². The molecule has 1 aliphatic heterocycles. The number of carbonyl (C=O) groups is 1. The van der Waals surface area contributed by atoms with Gasteiger partial charge in [-0.15, -0.1) is 0 Å². The molecule has 4 nitrogen and oxygen atoms in total. The average Bonchev–Trinajstić information content (AvgIpc) is 2.43. The van der Waals surface area contributed by atoms with E-state index < -0.39 is 18.1 Å². The topological polar surface area (TPSA) is 60.8 Å². The van der Waals surface area contributed by atoms with Crippen molar-refractivity contribution in [3.8, 4) is 0 Å². The van der Waals surface area contributed by atoms with Gasteiger partial charge in [-0.3, -0.25) is 9.69 Å². The molecule has 1 heterocycles. The number of rotatable bonds is 3. The number of carboxylic acids is 1. The van der Waals surface area contributed by atoms with E-state index >= 15 is 0 Å². The van der Waals surface area contributed by atoms with E-state index in [0.29, 0.717) is 19.5 Å². The Morgan fingerprint density at radius 2 is 2.38 bits per heavy atom. The van der Waals surface area contributed by atoms with Crippen molar-refractivity contribution in [2.45, 2.75) is 25.5 Å². The lowest BCUT2D eigenvalue weighted by Crippen LogP contribution is -2.35. The van der Waals surface area contributed by atoms with Crippen LogP contribution in [0.3, 0.4) is 0 Å². The summed E-state index contributed by atoms with van der Waals surface area (Å²) in [6.07, 6.45) is 3.62. The molecule has 0 radical (unpaired) electrons. The maximum atomic E-state index is 10.7. The molecule has 0 aromatic rings. The number of allylic oxidation sites excluding steroid dienone is 1. The van der Waals surface area contributed by atoms with Crippen LogP contribution >= 0.6 is 0 Å². The van der Waals surface area contributed by atoms with Gasteiger partial charge in [0.1, 0.15) is 6.04 Å². The van der Waals surface area contributed by atoms with Crippen LogP contribution in [0.2, 0.25) is 0 Å². The molecule has 2 atom stereocenters. The van der Waals surface area contributed by atoms with Gasteiger partial charge in [-0.25, -0.2) is 0 Å². The van der Waals surface area contributed by atoms with Crippen molar-refractivity contribution in [3.05, 3.63) is 12.2 Å². The Hall–Kier alpha value is -0.870. The molecule has 0 aliphatic carbocycles. The van der Waals surface area contributed by atoms with Crippen molar-refractivity contribution >= 4 is 5.97 Å². The summed E-state index contributed by atoms with van der Waals surface area (Å²) in [5, 5.41) is 18.1. The Morgan fingerprint density at radius 1 is 1.69 bits per heavy atom. The smallest absolute Gasteiger partial charge is 0.321 e. The fraction of sp³-hybridized carbons (Fsp3) is 0.667. The van der Waals surface area contributed by atoms with Gasteiger partial charge in [0.05, 0.1) is 6.10 Å². The quantitative estimate of drug-likeness (QED) is 0.611. The lowest BCUT2D eigenvalue weighted by atomic mass is 10.2. The third-order valence-corrected chi connectivity index (χ3v) is 2.24. The molecule has 0 bridgehead atoms. The van der Waals surface area contributed by atoms with Gasteiger partial charge >= 0.3 is 5.97 Å². The van der Waals surface area contributed by atoms with Crippen molar-refractivity contribution in [2.75, 3.05) is 13.1 Å². The Kier molecular flexibility index (Phi) is 3.45. The van der Waals surface area contributed by atoms with Crippen molar-refractivity contribution < 1.29 is 15.0 Å². The summed E-state index contributed by atoms with van der Waals surface area (Å²) < 4.78 is 0. The minimum atomic E-state index is -0.846. The van der Waals surface area contributed by atoms with E-state index in [4.69, 9.17) is 5.11 Å². The van der Waals surface area contributed by atoms with Crippen LogP contribution in [-0.4, -0.2) is 46.3 Å². The number of nitrogens with zero attached hydrogens (tertiary/aromatic N) is 1. The second-order valence-corrected chi connectivity index (χ2v) is 3.27. The molecule has 13 heavy (non-hydrogen) atoms. The highest BCUT2D eigenvalue weighted by Gasteiger charge is 2.34. The lowest BCUT2D eigenvalue weighted by molar-refractivity contribution is -0.142. The highest BCUT2D eigenvalue weighted by molar-refractivity contribution is 5.74. The van der Waals surface area contributed by atoms with E-state index in [-0.39, 0.29) is 0 Å². The third-order valence-electron chi connectivity index (χ3n) is 2.24. The fourth-order valence-electron chi connectivity index (χ4n) is 1.58. The number of hydrogen-bond acceptors (Lipinski definition) is 3. The molecular formula is C9H15NO3. The minimum Gasteiger partial charge on any atom is -0.480 e. The van der Waals surface area contributed by atoms with Crippen LogP contribution in [0.5, 0.6) is 0 Å². The summed E-state index contributed by atoms with van der Waals surface area (Å²) >= 11 is 0. The molecule has 0 aromatic carbocycles.